The maximum Gasteiger partial charge on any atom is 0.338 e. The number of nitrogens with zero attached hydrogens (tertiary/aromatic N) is 2. The molecule has 0 unspecified atom stereocenters. The van der Waals surface area contributed by atoms with Gasteiger partial charge in [0.05, 0.1) is 17.1 Å². The average Bonchev–Trinajstić information content (AvgIpc) is 2.54. The molecular weight excluding hydrogens is 302 g/mol. The standard InChI is InChI=1S/C15H19N3O5/c1-2-23-15(20)11-3-4-12(13(9-11)18(21)22)17-7-5-10(6-8-17)14(16)19/h3-4,9-10H,2,5-8H2,1H3,(H2,16,19). The minimum Gasteiger partial charge on any atom is -0.462 e. The van der Waals surface area contributed by atoms with Gasteiger partial charge in [-0.3, -0.25) is 14.9 Å². The smallest absolute Gasteiger partial charge is 0.338 e. The Bertz CT molecular complexity index is 624. The lowest BCUT2D eigenvalue weighted by atomic mass is 9.95. The normalized spacial score (nSPS) is 15.3. The number of benzene rings is 1. The maximum atomic E-state index is 11.7. The van der Waals surface area contributed by atoms with Gasteiger partial charge in [-0.05, 0) is 31.9 Å². The van der Waals surface area contributed by atoms with E-state index in [-0.39, 0.29) is 29.7 Å². The molecule has 0 spiro atoms. The van der Waals surface area contributed by atoms with Crippen LogP contribution < -0.4 is 10.6 Å². The van der Waals surface area contributed by atoms with Crippen LogP contribution in [-0.4, -0.2) is 36.5 Å². The van der Waals surface area contributed by atoms with E-state index in [0.717, 1.165) is 0 Å². The highest BCUT2D eigenvalue weighted by molar-refractivity contribution is 5.91. The van der Waals surface area contributed by atoms with Crippen molar-refractivity contribution in [2.24, 2.45) is 11.7 Å². The number of nitro groups is 1. The van der Waals surface area contributed by atoms with E-state index in [1.54, 1.807) is 13.0 Å². The van der Waals surface area contributed by atoms with Crippen molar-refractivity contribution in [2.75, 3.05) is 24.6 Å². The molecule has 0 aromatic heterocycles. The highest BCUT2D eigenvalue weighted by Gasteiger charge is 2.28. The van der Waals surface area contributed by atoms with Crippen molar-refractivity contribution in [2.45, 2.75) is 19.8 Å². The number of piperidine rings is 1. The number of hydrogen-bond acceptors (Lipinski definition) is 6. The van der Waals surface area contributed by atoms with Crippen molar-refractivity contribution in [1.82, 2.24) is 0 Å². The fraction of sp³-hybridized carbons (Fsp3) is 0.467. The van der Waals surface area contributed by atoms with Gasteiger partial charge >= 0.3 is 5.97 Å². The molecule has 1 aliphatic rings. The van der Waals surface area contributed by atoms with E-state index in [2.05, 4.69) is 0 Å². The van der Waals surface area contributed by atoms with Gasteiger partial charge in [0.15, 0.2) is 0 Å². The molecule has 1 heterocycles. The Morgan fingerprint density at radius 1 is 1.39 bits per heavy atom. The molecule has 1 saturated heterocycles. The average molecular weight is 321 g/mol. The fourth-order valence-electron chi connectivity index (χ4n) is 2.68. The first-order chi connectivity index (χ1) is 10.9. The number of rotatable bonds is 5. The summed E-state index contributed by atoms with van der Waals surface area (Å²) in [6.07, 6.45) is 1.12. The van der Waals surface area contributed by atoms with E-state index in [0.29, 0.717) is 31.6 Å². The zero-order chi connectivity index (χ0) is 17.0. The molecule has 23 heavy (non-hydrogen) atoms. The number of esters is 1. The summed E-state index contributed by atoms with van der Waals surface area (Å²) in [6, 6.07) is 4.29. The van der Waals surface area contributed by atoms with E-state index in [9.17, 15) is 19.7 Å². The Morgan fingerprint density at radius 2 is 2.04 bits per heavy atom. The Labute approximate surface area is 133 Å². The highest BCUT2D eigenvalue weighted by Crippen LogP contribution is 2.32. The van der Waals surface area contributed by atoms with Crippen molar-refractivity contribution in [3.05, 3.63) is 33.9 Å². The molecule has 2 N–H and O–H groups in total. The van der Waals surface area contributed by atoms with Crippen molar-refractivity contribution in [3.8, 4) is 0 Å². The molecule has 2 rings (SSSR count). The zero-order valence-corrected chi connectivity index (χ0v) is 12.9. The molecule has 1 aromatic carbocycles. The summed E-state index contributed by atoms with van der Waals surface area (Å²) in [4.78, 5) is 35.6. The first-order valence-electron chi connectivity index (χ1n) is 7.43. The molecule has 8 nitrogen and oxygen atoms in total. The minimum atomic E-state index is -0.588. The monoisotopic (exact) mass is 321 g/mol. The zero-order valence-electron chi connectivity index (χ0n) is 12.9. The number of hydrogen-bond donors (Lipinski definition) is 1. The van der Waals surface area contributed by atoms with Gasteiger partial charge in [0.1, 0.15) is 5.69 Å². The van der Waals surface area contributed by atoms with Crippen molar-refractivity contribution in [3.63, 3.8) is 0 Å². The molecule has 1 aromatic rings. The first-order valence-corrected chi connectivity index (χ1v) is 7.43. The maximum absolute atomic E-state index is 11.7. The second-order valence-corrected chi connectivity index (χ2v) is 5.34. The number of primary amides is 1. The Hall–Kier alpha value is -2.64. The SMILES string of the molecule is CCOC(=O)c1ccc(N2CCC(C(N)=O)CC2)c([N+](=O)[O-])c1. The van der Waals surface area contributed by atoms with Crippen LogP contribution in [0.15, 0.2) is 18.2 Å². The number of amides is 1. The second-order valence-electron chi connectivity index (χ2n) is 5.34. The first kappa shape index (κ1) is 16.7. The third-order valence-corrected chi connectivity index (χ3v) is 3.92. The third kappa shape index (κ3) is 3.77. The van der Waals surface area contributed by atoms with Gasteiger partial charge < -0.3 is 15.4 Å². The summed E-state index contributed by atoms with van der Waals surface area (Å²) in [6.45, 7) is 2.89. The van der Waals surface area contributed by atoms with Gasteiger partial charge in [-0.2, -0.15) is 0 Å². The molecule has 8 heteroatoms. The van der Waals surface area contributed by atoms with Crippen LogP contribution in [0.2, 0.25) is 0 Å². The van der Waals surface area contributed by atoms with Gasteiger partial charge in [0, 0.05) is 25.1 Å². The quantitative estimate of drug-likeness (QED) is 0.499. The number of anilines is 1. The van der Waals surface area contributed by atoms with E-state index in [1.807, 2.05) is 4.90 Å². The van der Waals surface area contributed by atoms with Gasteiger partial charge in [0.2, 0.25) is 5.91 Å². The Kier molecular flexibility index (Phi) is 5.15. The van der Waals surface area contributed by atoms with Gasteiger partial charge in [-0.1, -0.05) is 0 Å². The summed E-state index contributed by atoms with van der Waals surface area (Å²) in [5, 5.41) is 11.3. The third-order valence-electron chi connectivity index (χ3n) is 3.92. The number of carbonyl (C=O) groups excluding carboxylic acids is 2. The van der Waals surface area contributed by atoms with Gasteiger partial charge in [0.25, 0.3) is 5.69 Å². The van der Waals surface area contributed by atoms with Crippen molar-refractivity contribution >= 4 is 23.3 Å². The van der Waals surface area contributed by atoms with Crippen LogP contribution in [0.1, 0.15) is 30.1 Å². The molecule has 0 atom stereocenters. The molecule has 1 fully saturated rings. The van der Waals surface area contributed by atoms with Crippen molar-refractivity contribution < 1.29 is 19.2 Å². The van der Waals surface area contributed by atoms with Crippen LogP contribution in [0.5, 0.6) is 0 Å². The topological polar surface area (TPSA) is 116 Å². The molecule has 1 amide bonds. The lowest BCUT2D eigenvalue weighted by Crippen LogP contribution is -2.38. The fourth-order valence-corrected chi connectivity index (χ4v) is 2.68. The number of nitrogens with two attached hydrogens (primary N) is 1. The molecule has 0 aliphatic carbocycles. The molecule has 0 bridgehead atoms. The Morgan fingerprint density at radius 3 is 2.57 bits per heavy atom. The van der Waals surface area contributed by atoms with Gasteiger partial charge in [-0.15, -0.1) is 0 Å². The summed E-state index contributed by atoms with van der Waals surface area (Å²) < 4.78 is 4.86. The lowest BCUT2D eigenvalue weighted by molar-refractivity contribution is -0.384. The van der Waals surface area contributed by atoms with E-state index >= 15 is 0 Å². The molecule has 1 aliphatic heterocycles. The number of carbonyl (C=O) groups is 2. The van der Waals surface area contributed by atoms with E-state index in [1.165, 1.54) is 12.1 Å². The van der Waals surface area contributed by atoms with Crippen LogP contribution in [0, 0.1) is 16.0 Å². The molecule has 0 radical (unpaired) electrons. The summed E-state index contributed by atoms with van der Waals surface area (Å²) in [5.74, 6) is -1.12. The van der Waals surface area contributed by atoms with Crippen LogP contribution in [0.3, 0.4) is 0 Å². The summed E-state index contributed by atoms with van der Waals surface area (Å²) in [7, 11) is 0. The highest BCUT2D eigenvalue weighted by atomic mass is 16.6. The predicted molar refractivity (Wildman–Crippen MR) is 83.2 cm³/mol. The van der Waals surface area contributed by atoms with Crippen LogP contribution in [-0.2, 0) is 9.53 Å². The molecule has 124 valence electrons. The van der Waals surface area contributed by atoms with E-state index < -0.39 is 10.9 Å². The minimum absolute atomic E-state index is 0.145. The number of ether oxygens (including phenoxy) is 1. The Balaban J connectivity index is 2.24. The summed E-state index contributed by atoms with van der Waals surface area (Å²) in [5.41, 5.74) is 5.73. The van der Waals surface area contributed by atoms with Gasteiger partial charge in [-0.25, -0.2) is 4.79 Å². The lowest BCUT2D eigenvalue weighted by Gasteiger charge is -2.32. The summed E-state index contributed by atoms with van der Waals surface area (Å²) >= 11 is 0. The second kappa shape index (κ2) is 7.08. The largest absolute Gasteiger partial charge is 0.462 e. The predicted octanol–water partition coefficient (Wildman–Crippen LogP) is 1.47. The van der Waals surface area contributed by atoms with Crippen molar-refractivity contribution in [1.29, 1.82) is 0 Å². The van der Waals surface area contributed by atoms with Crippen LogP contribution in [0.25, 0.3) is 0 Å². The molecular formula is C15H19N3O5. The molecule has 0 saturated carbocycles. The van der Waals surface area contributed by atoms with E-state index in [4.69, 9.17) is 10.5 Å². The number of nitro benzene ring substituents is 1. The van der Waals surface area contributed by atoms with Crippen LogP contribution in [0.4, 0.5) is 11.4 Å². The van der Waals surface area contributed by atoms with Crippen LogP contribution >= 0.6 is 0 Å².